The third-order valence-corrected chi connectivity index (χ3v) is 25.2. The van der Waals surface area contributed by atoms with Gasteiger partial charge in [0.1, 0.15) is 85.5 Å². The Balaban J connectivity index is 0.891. The van der Waals surface area contributed by atoms with Gasteiger partial charge >= 0.3 is 41.8 Å². The molecule has 28 rings (SSSR count). The molecule has 21 aliphatic heterocycles. The Morgan fingerprint density at radius 3 is 0.379 bits per heavy atom. The number of ether oxygens (including phenoxy) is 28. The van der Waals surface area contributed by atoms with Crippen molar-refractivity contribution in [1.29, 1.82) is 0 Å². The lowest BCUT2D eigenvalue weighted by molar-refractivity contribution is -0.396. The van der Waals surface area contributed by atoms with Crippen LogP contribution in [0.1, 0.15) is 136 Å². The first-order valence-electron chi connectivity index (χ1n) is 47.5. The highest BCUT2D eigenvalue weighted by molar-refractivity contribution is 5.68. The number of carbonyl (C=O) groups excluding carboxylic acids is 7. The molecular formula is C105H126O35. The first-order chi connectivity index (χ1) is 67.5. The molecule has 7 aromatic rings. The summed E-state index contributed by atoms with van der Waals surface area (Å²) in [6, 6.07) is 64.1. The highest BCUT2D eigenvalue weighted by atomic mass is 16.8. The molecule has 0 aliphatic carbocycles. The minimum atomic E-state index is -1.65. The van der Waals surface area contributed by atoms with Crippen LogP contribution >= 0.6 is 0 Å². The Hall–Kier alpha value is -10.0. The quantitative estimate of drug-likeness (QED) is 0.0325. The van der Waals surface area contributed by atoms with Crippen LogP contribution in [0.3, 0.4) is 0 Å². The van der Waals surface area contributed by atoms with E-state index in [9.17, 15) is 33.6 Å². The van der Waals surface area contributed by atoms with E-state index >= 15 is 0 Å². The van der Waals surface area contributed by atoms with E-state index in [1.54, 1.807) is 48.5 Å². The molecule has 21 aliphatic rings. The molecule has 0 aromatic heterocycles. The summed E-state index contributed by atoms with van der Waals surface area (Å²) in [5, 5.41) is 0. The minimum absolute atomic E-state index is 0.140. The van der Waals surface area contributed by atoms with Gasteiger partial charge in [0, 0.05) is 48.5 Å². The highest BCUT2D eigenvalue weighted by Gasteiger charge is 2.63. The van der Waals surface area contributed by atoms with Crippen molar-refractivity contribution in [3.63, 3.8) is 0 Å². The maximum Gasteiger partial charge on any atom is 0.303 e. The van der Waals surface area contributed by atoms with Crippen molar-refractivity contribution in [3.8, 4) is 0 Å². The number of hydrogen-bond donors (Lipinski definition) is 0. The molecular weight excluding hydrogens is 1820 g/mol. The van der Waals surface area contributed by atoms with Crippen LogP contribution in [0.25, 0.3) is 0 Å². The van der Waals surface area contributed by atoms with E-state index in [2.05, 4.69) is 0 Å². The number of esters is 7. The van der Waals surface area contributed by atoms with Crippen LogP contribution in [0.15, 0.2) is 212 Å². The standard InChI is InChI=1S/C105H126O35/c1-57-78-85(113-50-71-36-22-15-23-37-71)92(127-64(8)106)99(120-57)135-79-58(2)122-101(94(129-66(10)108)86(79)114-51-72-38-24-16-25-39-72)137-81-60(4)124-103(96(131-68(12)110)88(81)116-53-74-42-28-18-29-43-74)139-83-62(6)126-105(98(133-70(14)112)90(83)118-55-76-46-32-20-33-47-76)140-84-63(7)125-104(97(132-69(13)111)91(84)119-56-77-48-34-21-35-49-77)138-82-61(5)123-102(95(130-67(11)109)89(82)117-54-75-44-30-19-31-45-75)136-80-59(3)121-100(134-78)93(128-65(9)107)87(80)115-52-73-40-26-17-27-41-73/h15-49,57-63,78-105H,50-56H2,1-14H3. The third-order valence-electron chi connectivity index (χ3n) is 25.2. The summed E-state index contributed by atoms with van der Waals surface area (Å²) in [5.41, 5.74) is 4.73. The van der Waals surface area contributed by atoms with Gasteiger partial charge in [0.05, 0.1) is 89.0 Å². The van der Waals surface area contributed by atoms with Gasteiger partial charge in [0.2, 0.25) is 0 Å². The third kappa shape index (κ3) is 26.9. The predicted octanol–water partition coefficient (Wildman–Crippen LogP) is 11.5. The molecule has 140 heavy (non-hydrogen) atoms. The summed E-state index contributed by atoms with van der Waals surface area (Å²) >= 11 is 0. The lowest BCUT2D eigenvalue weighted by Gasteiger charge is -2.52. The summed E-state index contributed by atoms with van der Waals surface area (Å²) in [7, 11) is 0. The molecule has 0 saturated carbocycles. The lowest BCUT2D eigenvalue weighted by Crippen LogP contribution is -2.68. The molecule has 21 saturated heterocycles. The first-order valence-corrected chi connectivity index (χ1v) is 47.5. The van der Waals surface area contributed by atoms with Crippen LogP contribution in [-0.2, 0) is 212 Å². The monoisotopic (exact) mass is 1950 g/mol. The van der Waals surface area contributed by atoms with Crippen molar-refractivity contribution in [2.45, 2.75) is 358 Å². The molecule has 0 N–H and O–H groups in total. The van der Waals surface area contributed by atoms with Crippen LogP contribution in [0, 0.1) is 0 Å². The second-order valence-electron chi connectivity index (χ2n) is 36.0. The molecule has 35 unspecified atom stereocenters. The number of hydrogen-bond acceptors (Lipinski definition) is 35. The van der Waals surface area contributed by atoms with Crippen molar-refractivity contribution in [1.82, 2.24) is 0 Å². The van der Waals surface area contributed by atoms with Gasteiger partial charge in [-0.05, 0) is 87.4 Å². The number of rotatable bonds is 28. The molecule has 756 valence electrons. The van der Waals surface area contributed by atoms with Gasteiger partial charge in [-0.2, -0.15) is 0 Å². The summed E-state index contributed by atoms with van der Waals surface area (Å²) in [4.78, 5) is 99.2. The summed E-state index contributed by atoms with van der Waals surface area (Å²) in [5.74, 6) is -5.74. The van der Waals surface area contributed by atoms with Gasteiger partial charge in [0.25, 0.3) is 0 Å². The summed E-state index contributed by atoms with van der Waals surface area (Å²) in [6.07, 6.45) is -50.5. The number of carbonyl (C=O) groups is 7. The van der Waals surface area contributed by atoms with Crippen LogP contribution in [0.5, 0.6) is 0 Å². The van der Waals surface area contributed by atoms with Gasteiger partial charge in [-0.15, -0.1) is 0 Å². The fourth-order valence-corrected chi connectivity index (χ4v) is 18.9. The van der Waals surface area contributed by atoms with Crippen molar-refractivity contribution < 1.29 is 166 Å². The topological polar surface area (TPSA) is 378 Å². The van der Waals surface area contributed by atoms with E-state index in [0.717, 1.165) is 0 Å². The van der Waals surface area contributed by atoms with Crippen molar-refractivity contribution in [2.24, 2.45) is 0 Å². The molecule has 0 radical (unpaired) electrons. The van der Waals surface area contributed by atoms with Crippen molar-refractivity contribution in [3.05, 3.63) is 251 Å². The van der Waals surface area contributed by atoms with Crippen molar-refractivity contribution >= 4 is 41.8 Å². The SMILES string of the molecule is CC(=O)OC1C2OC(C)C(OC3OC(C)C(OC4OC(C)C(OC5OC(C)C(OC6OC(C)C(OC7OC(C)C(OC8OC(C)C(O2)C(OCc2ccccc2)C8OC(C)=O)C(OCc2ccccc2)C7OC(C)=O)C(OCc2ccccc2)C6OC(C)=O)C(OCc2ccccc2)C5OC(C)=O)C(OCc2ccccc2)C4OC(C)=O)C(OCc2ccccc2)C3OC(C)=O)C1OCc1ccccc1. The summed E-state index contributed by atoms with van der Waals surface area (Å²) in [6.45, 7) is 19.1. The van der Waals surface area contributed by atoms with Gasteiger partial charge in [-0.25, -0.2) is 0 Å². The predicted molar refractivity (Wildman–Crippen MR) is 488 cm³/mol. The Kier molecular flexibility index (Phi) is 36.7. The van der Waals surface area contributed by atoms with Crippen LogP contribution in [-0.4, -0.2) is 257 Å². The average molecular weight is 1950 g/mol. The van der Waals surface area contributed by atoms with E-state index in [4.69, 9.17) is 133 Å². The highest BCUT2D eigenvalue weighted by Crippen LogP contribution is 2.45. The van der Waals surface area contributed by atoms with Gasteiger partial charge < -0.3 is 133 Å². The van der Waals surface area contributed by atoms with Crippen LogP contribution in [0.2, 0.25) is 0 Å². The second-order valence-corrected chi connectivity index (χ2v) is 36.0. The van der Waals surface area contributed by atoms with E-state index < -0.39 is 257 Å². The number of benzene rings is 7. The van der Waals surface area contributed by atoms with E-state index in [1.807, 2.05) is 212 Å². The molecule has 21 fully saturated rings. The fraction of sp³-hybridized carbons (Fsp3) is 0.533. The normalized spacial score (nSPS) is 35.2. The lowest BCUT2D eigenvalue weighted by atomic mass is 9.95. The Bertz CT molecular complexity index is 4200. The zero-order valence-corrected chi connectivity index (χ0v) is 80.7. The molecule has 14 bridgehead atoms. The summed E-state index contributed by atoms with van der Waals surface area (Å²) < 4.78 is 195. The second kappa shape index (κ2) is 49.3. The minimum Gasteiger partial charge on any atom is -0.454 e. The molecule has 7 aromatic carbocycles. The molecule has 0 spiro atoms. The van der Waals surface area contributed by atoms with E-state index in [0.29, 0.717) is 38.9 Å². The largest absolute Gasteiger partial charge is 0.454 e. The Labute approximate surface area is 813 Å². The average Bonchev–Trinajstić information content (AvgIpc) is 0.760. The fourth-order valence-electron chi connectivity index (χ4n) is 18.9. The molecule has 21 heterocycles. The molecule has 35 heteroatoms. The maximum absolute atomic E-state index is 14.2. The van der Waals surface area contributed by atoms with E-state index in [1.165, 1.54) is 48.5 Å². The van der Waals surface area contributed by atoms with Crippen molar-refractivity contribution in [2.75, 3.05) is 0 Å². The molecule has 0 amide bonds. The smallest absolute Gasteiger partial charge is 0.303 e. The zero-order chi connectivity index (χ0) is 98.8. The van der Waals surface area contributed by atoms with Gasteiger partial charge in [-0.3, -0.25) is 33.6 Å². The van der Waals surface area contributed by atoms with Gasteiger partial charge in [0.15, 0.2) is 86.8 Å². The molecule has 35 nitrogen and oxygen atoms in total. The zero-order valence-electron chi connectivity index (χ0n) is 80.7. The Morgan fingerprint density at radius 1 is 0.171 bits per heavy atom. The van der Waals surface area contributed by atoms with Crippen LogP contribution < -0.4 is 0 Å². The Morgan fingerprint density at radius 2 is 0.279 bits per heavy atom. The van der Waals surface area contributed by atoms with Gasteiger partial charge in [-0.1, -0.05) is 212 Å². The first kappa shape index (κ1) is 104. The van der Waals surface area contributed by atoms with Crippen LogP contribution in [0.4, 0.5) is 0 Å². The maximum atomic E-state index is 14.2. The molecule has 35 atom stereocenters. The van der Waals surface area contributed by atoms with E-state index in [-0.39, 0.29) is 46.2 Å².